The molecule has 18 heavy (non-hydrogen) atoms. The van der Waals surface area contributed by atoms with E-state index < -0.39 is 6.10 Å². The third-order valence-corrected chi connectivity index (χ3v) is 3.24. The van der Waals surface area contributed by atoms with E-state index in [4.69, 9.17) is 5.73 Å². The predicted octanol–water partition coefficient (Wildman–Crippen LogP) is 2.40. The Morgan fingerprint density at radius 3 is 2.89 bits per heavy atom. The van der Waals surface area contributed by atoms with Crippen LogP contribution in [-0.2, 0) is 0 Å². The Balaban J connectivity index is 2.59. The number of pyridine rings is 1. The van der Waals surface area contributed by atoms with Gasteiger partial charge in [0, 0.05) is 23.5 Å². The van der Waals surface area contributed by atoms with Crippen molar-refractivity contribution in [3.8, 4) is 0 Å². The summed E-state index contributed by atoms with van der Waals surface area (Å²) in [4.78, 5) is 6.26. The first kappa shape index (κ1) is 13.1. The molecule has 4 nitrogen and oxygen atoms in total. The summed E-state index contributed by atoms with van der Waals surface area (Å²) < 4.78 is 0.981. The van der Waals surface area contributed by atoms with Crippen LogP contribution < -0.4 is 10.6 Å². The van der Waals surface area contributed by atoms with Crippen molar-refractivity contribution in [1.82, 2.24) is 4.98 Å². The van der Waals surface area contributed by atoms with Crippen LogP contribution >= 0.6 is 15.9 Å². The van der Waals surface area contributed by atoms with E-state index >= 15 is 0 Å². The molecule has 0 bridgehead atoms. The fourth-order valence-corrected chi connectivity index (χ4v) is 2.44. The molecule has 3 N–H and O–H groups in total. The molecule has 2 rings (SSSR count). The van der Waals surface area contributed by atoms with Crippen molar-refractivity contribution in [2.24, 2.45) is 0 Å². The standard InChI is InChI=1S/C13H16BrN3O/c1-8(18)7-17(2)13-10-5-9(14)3-4-12(10)16-6-11(13)15/h3-6,8,18H,7,15H2,1-2H3. The highest BCUT2D eigenvalue weighted by Gasteiger charge is 2.13. The Bertz CT molecular complexity index is 566. The van der Waals surface area contributed by atoms with Crippen LogP contribution in [0.15, 0.2) is 28.9 Å². The van der Waals surface area contributed by atoms with Gasteiger partial charge in [-0.2, -0.15) is 0 Å². The minimum Gasteiger partial charge on any atom is -0.396 e. The topological polar surface area (TPSA) is 62.4 Å². The van der Waals surface area contributed by atoms with Crippen LogP contribution in [0.25, 0.3) is 10.9 Å². The summed E-state index contributed by atoms with van der Waals surface area (Å²) in [6.07, 6.45) is 1.24. The van der Waals surface area contributed by atoms with Crippen LogP contribution in [0.3, 0.4) is 0 Å². The van der Waals surface area contributed by atoms with Crippen molar-refractivity contribution in [2.45, 2.75) is 13.0 Å². The lowest BCUT2D eigenvalue weighted by Gasteiger charge is -2.24. The number of anilines is 2. The number of halogens is 1. The van der Waals surface area contributed by atoms with E-state index in [2.05, 4.69) is 20.9 Å². The van der Waals surface area contributed by atoms with Crippen LogP contribution in [0.2, 0.25) is 0 Å². The molecular formula is C13H16BrN3O. The summed E-state index contributed by atoms with van der Waals surface area (Å²) in [5, 5.41) is 10.5. The maximum absolute atomic E-state index is 9.49. The quantitative estimate of drug-likeness (QED) is 0.914. The SMILES string of the molecule is CC(O)CN(C)c1c(N)cnc2ccc(Br)cc12. The molecule has 0 aliphatic heterocycles. The summed E-state index contributed by atoms with van der Waals surface area (Å²) in [5.41, 5.74) is 8.42. The lowest BCUT2D eigenvalue weighted by atomic mass is 10.1. The number of nitrogens with two attached hydrogens (primary N) is 1. The fourth-order valence-electron chi connectivity index (χ4n) is 2.08. The predicted molar refractivity (Wildman–Crippen MR) is 78.8 cm³/mol. The Labute approximate surface area is 115 Å². The van der Waals surface area contributed by atoms with Gasteiger partial charge in [0.2, 0.25) is 0 Å². The molecule has 1 aromatic carbocycles. The molecule has 0 spiro atoms. The van der Waals surface area contributed by atoms with Crippen molar-refractivity contribution < 1.29 is 5.11 Å². The van der Waals surface area contributed by atoms with E-state index in [9.17, 15) is 5.11 Å². The highest BCUT2D eigenvalue weighted by molar-refractivity contribution is 9.10. The Kier molecular flexibility index (Phi) is 3.73. The fraction of sp³-hybridized carbons (Fsp3) is 0.308. The molecule has 0 saturated heterocycles. The van der Waals surface area contributed by atoms with Gasteiger partial charge in [0.1, 0.15) is 0 Å². The third-order valence-electron chi connectivity index (χ3n) is 2.75. The Morgan fingerprint density at radius 1 is 1.50 bits per heavy atom. The molecule has 0 saturated carbocycles. The number of aromatic nitrogens is 1. The molecule has 0 aliphatic carbocycles. The number of hydrogen-bond donors (Lipinski definition) is 2. The van der Waals surface area contributed by atoms with Gasteiger partial charge in [-0.3, -0.25) is 4.98 Å². The van der Waals surface area contributed by atoms with Gasteiger partial charge in [-0.15, -0.1) is 0 Å². The number of benzene rings is 1. The van der Waals surface area contributed by atoms with Crippen LogP contribution in [0.5, 0.6) is 0 Å². The summed E-state index contributed by atoms with van der Waals surface area (Å²) in [5.74, 6) is 0. The first-order valence-corrected chi connectivity index (χ1v) is 6.51. The van der Waals surface area contributed by atoms with E-state index in [0.717, 1.165) is 21.1 Å². The summed E-state index contributed by atoms with van der Waals surface area (Å²) in [6.45, 7) is 2.28. The number of fused-ring (bicyclic) bond motifs is 1. The van der Waals surface area contributed by atoms with Crippen molar-refractivity contribution in [1.29, 1.82) is 0 Å². The molecule has 1 aromatic heterocycles. The van der Waals surface area contributed by atoms with Crippen molar-refractivity contribution in [2.75, 3.05) is 24.2 Å². The summed E-state index contributed by atoms with van der Waals surface area (Å²) in [7, 11) is 1.92. The van der Waals surface area contributed by atoms with Gasteiger partial charge in [0.25, 0.3) is 0 Å². The van der Waals surface area contributed by atoms with Crippen LogP contribution in [0, 0.1) is 0 Å². The molecule has 0 fully saturated rings. The maximum Gasteiger partial charge on any atom is 0.0745 e. The molecule has 0 radical (unpaired) electrons. The lowest BCUT2D eigenvalue weighted by Crippen LogP contribution is -2.27. The molecule has 1 atom stereocenters. The number of hydrogen-bond acceptors (Lipinski definition) is 4. The zero-order valence-corrected chi connectivity index (χ0v) is 12.0. The van der Waals surface area contributed by atoms with E-state index in [1.165, 1.54) is 0 Å². The van der Waals surface area contributed by atoms with Gasteiger partial charge >= 0.3 is 0 Å². The highest BCUT2D eigenvalue weighted by atomic mass is 79.9. The molecule has 0 aliphatic rings. The molecule has 0 amide bonds. The zero-order chi connectivity index (χ0) is 13.3. The van der Waals surface area contributed by atoms with Crippen LogP contribution in [-0.4, -0.2) is 29.8 Å². The third kappa shape index (κ3) is 2.57. The van der Waals surface area contributed by atoms with Gasteiger partial charge in [0.05, 0.1) is 29.2 Å². The number of rotatable bonds is 3. The molecular weight excluding hydrogens is 294 g/mol. The highest BCUT2D eigenvalue weighted by Crippen LogP contribution is 2.32. The first-order valence-electron chi connectivity index (χ1n) is 5.72. The van der Waals surface area contributed by atoms with Crippen molar-refractivity contribution >= 4 is 38.2 Å². The number of nitrogens with zero attached hydrogens (tertiary/aromatic N) is 2. The molecule has 2 aromatic rings. The van der Waals surface area contributed by atoms with E-state index in [1.54, 1.807) is 13.1 Å². The van der Waals surface area contributed by atoms with Gasteiger partial charge in [-0.05, 0) is 25.1 Å². The molecule has 1 unspecified atom stereocenters. The van der Waals surface area contributed by atoms with E-state index in [-0.39, 0.29) is 0 Å². The molecule has 5 heteroatoms. The first-order chi connectivity index (χ1) is 8.49. The minimum absolute atomic E-state index is 0.412. The molecule has 96 valence electrons. The monoisotopic (exact) mass is 309 g/mol. The summed E-state index contributed by atoms with van der Waals surface area (Å²) >= 11 is 3.45. The maximum atomic E-state index is 9.49. The molecule has 1 heterocycles. The normalized spacial score (nSPS) is 12.7. The van der Waals surface area contributed by atoms with Crippen LogP contribution in [0.1, 0.15) is 6.92 Å². The number of aliphatic hydroxyl groups is 1. The zero-order valence-electron chi connectivity index (χ0n) is 10.4. The Morgan fingerprint density at radius 2 is 2.22 bits per heavy atom. The average Bonchev–Trinajstić information content (AvgIpc) is 2.27. The number of likely N-dealkylation sites (N-methyl/N-ethyl adjacent to an activating group) is 1. The van der Waals surface area contributed by atoms with Gasteiger partial charge in [-0.25, -0.2) is 0 Å². The second-order valence-electron chi connectivity index (χ2n) is 4.45. The van der Waals surface area contributed by atoms with Crippen molar-refractivity contribution in [3.63, 3.8) is 0 Å². The lowest BCUT2D eigenvalue weighted by molar-refractivity contribution is 0.202. The Hall–Kier alpha value is -1.33. The van der Waals surface area contributed by atoms with Gasteiger partial charge in [0.15, 0.2) is 0 Å². The van der Waals surface area contributed by atoms with E-state index in [0.29, 0.717) is 12.2 Å². The van der Waals surface area contributed by atoms with Gasteiger partial charge < -0.3 is 15.7 Å². The van der Waals surface area contributed by atoms with E-state index in [1.807, 2.05) is 30.1 Å². The average molecular weight is 310 g/mol. The number of nitrogen functional groups attached to an aromatic ring is 1. The smallest absolute Gasteiger partial charge is 0.0745 e. The number of aliphatic hydroxyl groups excluding tert-OH is 1. The largest absolute Gasteiger partial charge is 0.396 e. The minimum atomic E-state index is -0.412. The van der Waals surface area contributed by atoms with Crippen LogP contribution in [0.4, 0.5) is 11.4 Å². The van der Waals surface area contributed by atoms with Crippen molar-refractivity contribution in [3.05, 3.63) is 28.9 Å². The second kappa shape index (κ2) is 5.12. The second-order valence-corrected chi connectivity index (χ2v) is 5.37. The summed E-state index contributed by atoms with van der Waals surface area (Å²) in [6, 6.07) is 5.88. The van der Waals surface area contributed by atoms with Gasteiger partial charge in [-0.1, -0.05) is 15.9 Å².